The number of hydrogen-bond acceptors (Lipinski definition) is 5. The van der Waals surface area contributed by atoms with Crippen molar-refractivity contribution in [3.05, 3.63) is 71.0 Å². The van der Waals surface area contributed by atoms with E-state index in [0.717, 1.165) is 42.5 Å². The van der Waals surface area contributed by atoms with Gasteiger partial charge in [0.05, 0.1) is 11.7 Å². The van der Waals surface area contributed by atoms with Gasteiger partial charge in [0, 0.05) is 38.7 Å². The molecule has 2 heterocycles. The van der Waals surface area contributed by atoms with Crippen LogP contribution in [0.5, 0.6) is 0 Å². The van der Waals surface area contributed by atoms with Crippen molar-refractivity contribution in [3.8, 4) is 0 Å². The van der Waals surface area contributed by atoms with E-state index < -0.39 is 0 Å². The van der Waals surface area contributed by atoms with Gasteiger partial charge in [0.15, 0.2) is 0 Å². The van der Waals surface area contributed by atoms with E-state index in [2.05, 4.69) is 60.8 Å². The molecular weight excluding hydrogens is 358 g/mol. The summed E-state index contributed by atoms with van der Waals surface area (Å²) in [6, 6.07) is 0.268. The maximum Gasteiger partial charge on any atom is 0.226 e. The third kappa shape index (κ3) is 3.35. The first-order valence-electron chi connectivity index (χ1n) is 10.4. The van der Waals surface area contributed by atoms with Crippen molar-refractivity contribution in [1.82, 2.24) is 9.91 Å². The van der Waals surface area contributed by atoms with Crippen LogP contribution in [0.3, 0.4) is 0 Å². The van der Waals surface area contributed by atoms with Crippen LogP contribution >= 0.6 is 0 Å². The van der Waals surface area contributed by atoms with Crippen molar-refractivity contribution < 1.29 is 0 Å². The Hall–Kier alpha value is -2.95. The molecule has 150 valence electrons. The minimum absolute atomic E-state index is 0.268. The highest BCUT2D eigenvalue weighted by Gasteiger charge is 2.34. The van der Waals surface area contributed by atoms with Gasteiger partial charge in [-0.05, 0) is 43.1 Å². The van der Waals surface area contributed by atoms with E-state index in [1.165, 1.54) is 16.7 Å². The molecule has 0 bridgehead atoms. The predicted molar refractivity (Wildman–Crippen MR) is 122 cm³/mol. The summed E-state index contributed by atoms with van der Waals surface area (Å²) in [5.41, 5.74) is 6.51. The molecule has 5 nitrogen and oxygen atoms in total. The Kier molecular flexibility index (Phi) is 5.22. The highest BCUT2D eigenvalue weighted by Crippen LogP contribution is 2.40. The molecule has 0 aromatic carbocycles. The Morgan fingerprint density at radius 3 is 2.79 bits per heavy atom. The molecule has 0 saturated heterocycles. The molecule has 4 rings (SSSR count). The van der Waals surface area contributed by atoms with E-state index in [1.807, 2.05) is 31.3 Å². The van der Waals surface area contributed by atoms with Crippen LogP contribution in [-0.4, -0.2) is 54.0 Å². The zero-order valence-electron chi connectivity index (χ0n) is 17.8. The molecule has 2 atom stereocenters. The second-order valence-electron chi connectivity index (χ2n) is 7.63. The lowest BCUT2D eigenvalue weighted by Gasteiger charge is -2.27. The molecule has 0 saturated carbocycles. The maximum atomic E-state index is 4.97. The molecule has 0 aromatic heterocycles. The van der Waals surface area contributed by atoms with E-state index in [4.69, 9.17) is 9.98 Å². The van der Waals surface area contributed by atoms with Crippen LogP contribution in [0.15, 0.2) is 86.1 Å². The van der Waals surface area contributed by atoms with Gasteiger partial charge in [0.1, 0.15) is 5.71 Å². The third-order valence-electron chi connectivity index (χ3n) is 5.95. The average molecular weight is 388 g/mol. The number of likely N-dealkylation sites (N-methyl/N-ethyl adjacent to an activating group) is 1. The fourth-order valence-corrected chi connectivity index (χ4v) is 4.18. The standard InChI is InChI=1S/C24H29N5/c1-6-9-10-17-13-20(18-11-12-19-15-25-28(5)21(19)14-18)23-22(16(17)4)26-24(27-23)29(7-2)8-3/h6,9-12,14-15,19,21H,4,7-8,13H2,1-3,5H3/b9-6-,17-10-. The van der Waals surface area contributed by atoms with Crippen LogP contribution in [0.4, 0.5) is 0 Å². The van der Waals surface area contributed by atoms with E-state index in [-0.39, 0.29) is 6.04 Å². The number of hydrazone groups is 1. The van der Waals surface area contributed by atoms with Crippen molar-refractivity contribution in [2.75, 3.05) is 20.1 Å². The summed E-state index contributed by atoms with van der Waals surface area (Å²) in [4.78, 5) is 12.1. The summed E-state index contributed by atoms with van der Waals surface area (Å²) in [6.45, 7) is 12.4. The number of fused-ring (bicyclic) bond motifs is 2. The molecule has 0 fully saturated rings. The first kappa shape index (κ1) is 19.4. The summed E-state index contributed by atoms with van der Waals surface area (Å²) in [5, 5.41) is 6.49. The van der Waals surface area contributed by atoms with Crippen molar-refractivity contribution in [1.29, 1.82) is 0 Å². The Bertz CT molecular complexity index is 963. The highest BCUT2D eigenvalue weighted by atomic mass is 15.5. The molecule has 29 heavy (non-hydrogen) atoms. The Morgan fingerprint density at radius 1 is 1.28 bits per heavy atom. The summed E-state index contributed by atoms with van der Waals surface area (Å²) >= 11 is 0. The molecule has 2 aliphatic heterocycles. The number of aliphatic imine (C=N–C) groups is 2. The zero-order chi connectivity index (χ0) is 20.5. The van der Waals surface area contributed by atoms with Gasteiger partial charge in [-0.2, -0.15) is 5.10 Å². The zero-order valence-corrected chi connectivity index (χ0v) is 17.8. The van der Waals surface area contributed by atoms with Gasteiger partial charge >= 0.3 is 0 Å². The molecule has 0 spiro atoms. The molecule has 4 aliphatic rings. The summed E-state index contributed by atoms with van der Waals surface area (Å²) in [5.74, 6) is 1.14. The summed E-state index contributed by atoms with van der Waals surface area (Å²) < 4.78 is 0. The minimum atomic E-state index is 0.268. The SMILES string of the molecule is C=C1C2=NC(N(CC)CC)=NC2=C(C2=CC3C(C=C2)C=NN3C)C/C1=C/C=C\C. The Morgan fingerprint density at radius 2 is 2.07 bits per heavy atom. The van der Waals surface area contributed by atoms with Crippen LogP contribution in [0.2, 0.25) is 0 Å². The smallest absolute Gasteiger partial charge is 0.226 e. The monoisotopic (exact) mass is 387 g/mol. The number of rotatable bonds is 4. The first-order valence-corrected chi connectivity index (χ1v) is 10.4. The lowest BCUT2D eigenvalue weighted by molar-refractivity contribution is 0.306. The second-order valence-corrected chi connectivity index (χ2v) is 7.63. The molecule has 0 radical (unpaired) electrons. The normalized spacial score (nSPS) is 26.9. The molecule has 2 aliphatic carbocycles. The van der Waals surface area contributed by atoms with Crippen LogP contribution < -0.4 is 0 Å². The van der Waals surface area contributed by atoms with Crippen LogP contribution in [0, 0.1) is 5.92 Å². The summed E-state index contributed by atoms with van der Waals surface area (Å²) in [7, 11) is 2.03. The van der Waals surface area contributed by atoms with Gasteiger partial charge < -0.3 is 4.90 Å². The fourth-order valence-electron chi connectivity index (χ4n) is 4.18. The highest BCUT2D eigenvalue weighted by molar-refractivity contribution is 6.24. The van der Waals surface area contributed by atoms with Crippen molar-refractivity contribution in [2.45, 2.75) is 33.2 Å². The predicted octanol–water partition coefficient (Wildman–Crippen LogP) is 4.27. The Balaban J connectivity index is 1.81. The van der Waals surface area contributed by atoms with Gasteiger partial charge in [0.2, 0.25) is 5.96 Å². The van der Waals surface area contributed by atoms with Gasteiger partial charge in [-0.15, -0.1) is 0 Å². The van der Waals surface area contributed by atoms with E-state index >= 15 is 0 Å². The largest absolute Gasteiger partial charge is 0.341 e. The third-order valence-corrected chi connectivity index (χ3v) is 5.95. The lowest BCUT2D eigenvalue weighted by Crippen LogP contribution is -2.29. The van der Waals surface area contributed by atoms with Crippen LogP contribution in [0.25, 0.3) is 0 Å². The van der Waals surface area contributed by atoms with Crippen molar-refractivity contribution in [3.63, 3.8) is 0 Å². The van der Waals surface area contributed by atoms with E-state index in [1.54, 1.807) is 0 Å². The van der Waals surface area contributed by atoms with Gasteiger partial charge in [-0.3, -0.25) is 5.01 Å². The topological polar surface area (TPSA) is 43.6 Å². The first-order chi connectivity index (χ1) is 14.1. The van der Waals surface area contributed by atoms with E-state index in [9.17, 15) is 0 Å². The van der Waals surface area contributed by atoms with Gasteiger partial charge in [0.25, 0.3) is 0 Å². The molecule has 0 amide bonds. The summed E-state index contributed by atoms with van der Waals surface area (Å²) in [6.07, 6.45) is 15.9. The lowest BCUT2D eigenvalue weighted by atomic mass is 9.80. The molecule has 0 aromatic rings. The van der Waals surface area contributed by atoms with Gasteiger partial charge in [-0.1, -0.05) is 43.0 Å². The molecule has 2 unspecified atom stereocenters. The number of guanidine groups is 1. The molecule has 5 heteroatoms. The van der Waals surface area contributed by atoms with E-state index in [0.29, 0.717) is 5.92 Å². The maximum absolute atomic E-state index is 4.97. The minimum Gasteiger partial charge on any atom is -0.341 e. The van der Waals surface area contributed by atoms with Crippen LogP contribution in [0.1, 0.15) is 27.2 Å². The van der Waals surface area contributed by atoms with Crippen molar-refractivity contribution >= 4 is 17.9 Å². The second kappa shape index (κ2) is 7.82. The average Bonchev–Trinajstić information content (AvgIpc) is 3.33. The number of nitrogens with zero attached hydrogens (tertiary/aromatic N) is 5. The van der Waals surface area contributed by atoms with Crippen molar-refractivity contribution in [2.24, 2.45) is 21.0 Å². The molecular formula is C24H29N5. The quantitative estimate of drug-likeness (QED) is 0.723. The number of allylic oxidation sites excluding steroid dienone is 8. The van der Waals surface area contributed by atoms with Gasteiger partial charge in [-0.25, -0.2) is 9.98 Å². The van der Waals surface area contributed by atoms with Crippen LogP contribution in [-0.2, 0) is 0 Å². The number of hydrogen-bond donors (Lipinski definition) is 0. The molecule has 0 N–H and O–H groups in total. The fraction of sp³-hybridized carbons (Fsp3) is 0.375. The Labute approximate surface area is 173 Å².